The lowest BCUT2D eigenvalue weighted by Crippen LogP contribution is -2.26. The number of hydrogen-bond donors (Lipinski definition) is 0. The van der Waals surface area contributed by atoms with Crippen LogP contribution in [0.15, 0.2) is 71.2 Å². The van der Waals surface area contributed by atoms with E-state index in [-0.39, 0.29) is 0 Å². The van der Waals surface area contributed by atoms with Gasteiger partial charge in [-0.15, -0.1) is 0 Å². The summed E-state index contributed by atoms with van der Waals surface area (Å²) in [5.41, 5.74) is 7.73. The predicted molar refractivity (Wildman–Crippen MR) is 134 cm³/mol. The molecule has 2 aromatic heterocycles. The van der Waals surface area contributed by atoms with E-state index < -0.39 is 0 Å². The van der Waals surface area contributed by atoms with Gasteiger partial charge in [-0.1, -0.05) is 54.6 Å². The first-order valence-electron chi connectivity index (χ1n) is 11.8. The molecule has 3 aliphatic carbocycles. The number of benzene rings is 2. The third-order valence-corrected chi connectivity index (χ3v) is 7.24. The second kappa shape index (κ2) is 7.00. The van der Waals surface area contributed by atoms with Crippen LogP contribution >= 0.6 is 0 Å². The third-order valence-electron chi connectivity index (χ3n) is 7.24. The number of aryl methyl sites for hydroxylation is 1. The Morgan fingerprint density at radius 2 is 1.81 bits per heavy atom. The molecular weight excluding hydrogens is 390 g/mol. The van der Waals surface area contributed by atoms with Crippen LogP contribution in [0, 0.1) is 0 Å². The number of furan rings is 1. The summed E-state index contributed by atoms with van der Waals surface area (Å²) in [6, 6.07) is 15.9. The molecule has 2 heterocycles. The molecule has 0 spiro atoms. The minimum absolute atomic E-state index is 0.378. The highest BCUT2D eigenvalue weighted by Gasteiger charge is 2.20. The molecule has 0 radical (unpaired) electrons. The second-order valence-corrected chi connectivity index (χ2v) is 9.12. The van der Waals surface area contributed by atoms with Gasteiger partial charge in [0.25, 0.3) is 0 Å². The molecule has 2 nitrogen and oxygen atoms in total. The Labute approximate surface area is 187 Å². The maximum absolute atomic E-state index is 6.16. The highest BCUT2D eigenvalue weighted by atomic mass is 16.3. The molecule has 0 saturated carbocycles. The number of allylic oxidation sites excluding steroid dienone is 5. The van der Waals surface area contributed by atoms with Gasteiger partial charge in [-0.3, -0.25) is 0 Å². The standard InChI is InChI=1S/C30H25NO/c1-2-8-22(9-3-1)31-27-12-6-4-10-23(27)25-18-20(14-16-28(25)31)21-15-17-30-26(19-21)24-11-5-7-13-29(24)32-30/h1-2,4-6,8,10-12,14,16-19,21H,3,7,9,13,15H2. The molecule has 2 heteroatoms. The molecule has 0 fully saturated rings. The van der Waals surface area contributed by atoms with Gasteiger partial charge in [0.1, 0.15) is 11.2 Å². The first-order chi connectivity index (χ1) is 15.9. The van der Waals surface area contributed by atoms with Gasteiger partial charge in [0.2, 0.25) is 0 Å². The highest BCUT2D eigenvalue weighted by Crippen LogP contribution is 2.36. The van der Waals surface area contributed by atoms with E-state index in [0.29, 0.717) is 5.92 Å². The van der Waals surface area contributed by atoms with Crippen molar-refractivity contribution in [2.75, 3.05) is 0 Å². The zero-order chi connectivity index (χ0) is 21.1. The fourth-order valence-corrected chi connectivity index (χ4v) is 5.68. The number of rotatable bonds is 2. The van der Waals surface area contributed by atoms with Crippen molar-refractivity contribution < 1.29 is 4.42 Å². The van der Waals surface area contributed by atoms with Crippen molar-refractivity contribution in [3.05, 3.63) is 94.3 Å². The van der Waals surface area contributed by atoms with E-state index in [2.05, 4.69) is 89.6 Å². The van der Waals surface area contributed by atoms with Crippen LogP contribution in [0.25, 0.3) is 45.7 Å². The van der Waals surface area contributed by atoms with Gasteiger partial charge in [-0.2, -0.15) is 0 Å². The van der Waals surface area contributed by atoms with Gasteiger partial charge in [-0.25, -0.2) is 0 Å². The zero-order valence-electron chi connectivity index (χ0n) is 18.1. The van der Waals surface area contributed by atoms with Gasteiger partial charge in [0.15, 0.2) is 0 Å². The summed E-state index contributed by atoms with van der Waals surface area (Å²) in [5.74, 6) is 1.53. The van der Waals surface area contributed by atoms with Crippen LogP contribution in [0.2, 0.25) is 0 Å². The van der Waals surface area contributed by atoms with Gasteiger partial charge < -0.3 is 8.98 Å². The molecule has 0 aliphatic heterocycles. The van der Waals surface area contributed by atoms with E-state index in [9.17, 15) is 0 Å². The van der Waals surface area contributed by atoms with Gasteiger partial charge in [0.05, 0.1) is 11.0 Å². The number of nitrogens with zero attached hydrogens (tertiary/aromatic N) is 1. The minimum Gasteiger partial charge on any atom is -0.461 e. The fourth-order valence-electron chi connectivity index (χ4n) is 5.68. The lowest BCUT2D eigenvalue weighted by molar-refractivity contribution is 0.476. The maximum atomic E-state index is 6.16. The van der Waals surface area contributed by atoms with Gasteiger partial charge in [-0.05, 0) is 61.6 Å². The average molecular weight is 416 g/mol. The van der Waals surface area contributed by atoms with Crippen LogP contribution in [0.3, 0.4) is 0 Å². The average Bonchev–Trinajstić information content (AvgIpc) is 3.39. The van der Waals surface area contributed by atoms with Crippen LogP contribution in [-0.2, 0) is 6.42 Å². The Kier molecular flexibility index (Phi) is 3.96. The summed E-state index contributed by atoms with van der Waals surface area (Å²) in [6.45, 7) is 0. The van der Waals surface area contributed by atoms with E-state index in [1.807, 2.05) is 0 Å². The van der Waals surface area contributed by atoms with Crippen LogP contribution in [0.4, 0.5) is 0 Å². The molecule has 32 heavy (non-hydrogen) atoms. The van der Waals surface area contributed by atoms with E-state index >= 15 is 0 Å². The predicted octanol–water partition coefficient (Wildman–Crippen LogP) is 6.29. The first kappa shape index (κ1) is 18.1. The quantitative estimate of drug-likeness (QED) is 0.376. The van der Waals surface area contributed by atoms with Crippen LogP contribution < -0.4 is 10.6 Å². The molecule has 7 rings (SSSR count). The molecule has 3 aliphatic rings. The molecule has 0 amide bonds. The minimum atomic E-state index is 0.378. The smallest absolute Gasteiger partial charge is 0.130 e. The molecule has 0 saturated heterocycles. The molecule has 4 aromatic rings. The lowest BCUT2D eigenvalue weighted by atomic mass is 9.90. The summed E-state index contributed by atoms with van der Waals surface area (Å²) in [6.07, 6.45) is 21.2. The Balaban J connectivity index is 1.41. The second-order valence-electron chi connectivity index (χ2n) is 9.12. The first-order valence-corrected chi connectivity index (χ1v) is 11.8. The largest absolute Gasteiger partial charge is 0.461 e. The van der Waals surface area contributed by atoms with Crippen molar-refractivity contribution in [1.82, 2.24) is 4.57 Å². The molecule has 2 aromatic carbocycles. The van der Waals surface area contributed by atoms with E-state index in [1.165, 1.54) is 43.8 Å². The third kappa shape index (κ3) is 2.65. The van der Waals surface area contributed by atoms with Gasteiger partial charge in [0, 0.05) is 39.6 Å². The van der Waals surface area contributed by atoms with E-state index in [1.54, 1.807) is 0 Å². The lowest BCUT2D eigenvalue weighted by Gasteiger charge is -2.16. The summed E-state index contributed by atoms with van der Waals surface area (Å²) >= 11 is 0. The maximum Gasteiger partial charge on any atom is 0.130 e. The summed E-state index contributed by atoms with van der Waals surface area (Å²) in [4.78, 5) is 0. The molecular formula is C30H25NO. The summed E-state index contributed by atoms with van der Waals surface area (Å²) in [7, 11) is 0. The van der Waals surface area contributed by atoms with Gasteiger partial charge >= 0.3 is 0 Å². The molecule has 156 valence electrons. The van der Waals surface area contributed by atoms with E-state index in [4.69, 9.17) is 4.42 Å². The summed E-state index contributed by atoms with van der Waals surface area (Å²) in [5, 5.41) is 3.97. The SMILES string of the molecule is C1=CCCC(n2c3ccccc3c3cc(C4C=c5c6c(oc5=CC4)CCC=C6)ccc32)=C1. The van der Waals surface area contributed by atoms with E-state index in [0.717, 1.165) is 43.3 Å². The molecule has 0 bridgehead atoms. The van der Waals surface area contributed by atoms with Crippen molar-refractivity contribution in [3.8, 4) is 0 Å². The number of aromatic nitrogens is 1. The molecule has 1 unspecified atom stereocenters. The topological polar surface area (TPSA) is 18.1 Å². The fraction of sp³-hybridized carbons (Fsp3) is 0.200. The molecule has 0 N–H and O–H groups in total. The Morgan fingerprint density at radius 1 is 0.906 bits per heavy atom. The van der Waals surface area contributed by atoms with Crippen molar-refractivity contribution in [1.29, 1.82) is 0 Å². The van der Waals surface area contributed by atoms with Crippen molar-refractivity contribution in [2.45, 2.75) is 38.0 Å². The monoisotopic (exact) mass is 415 g/mol. The number of para-hydroxylation sites is 1. The Hall–Kier alpha value is -3.52. The van der Waals surface area contributed by atoms with Crippen LogP contribution in [-0.4, -0.2) is 4.57 Å². The van der Waals surface area contributed by atoms with Crippen molar-refractivity contribution in [2.24, 2.45) is 0 Å². The van der Waals surface area contributed by atoms with Crippen molar-refractivity contribution >= 4 is 45.7 Å². The van der Waals surface area contributed by atoms with Crippen LogP contribution in [0.1, 0.15) is 48.5 Å². The Bertz CT molecular complexity index is 1600. The highest BCUT2D eigenvalue weighted by molar-refractivity contribution is 6.10. The van der Waals surface area contributed by atoms with Crippen molar-refractivity contribution in [3.63, 3.8) is 0 Å². The number of fused-ring (bicyclic) bond motifs is 6. The van der Waals surface area contributed by atoms with Crippen LogP contribution in [0.5, 0.6) is 0 Å². The number of hydrogen-bond acceptors (Lipinski definition) is 1. The summed E-state index contributed by atoms with van der Waals surface area (Å²) < 4.78 is 8.62. The normalized spacial score (nSPS) is 19.4. The molecule has 1 atom stereocenters. The zero-order valence-corrected chi connectivity index (χ0v) is 18.1. The Morgan fingerprint density at radius 3 is 2.75 bits per heavy atom.